The third kappa shape index (κ3) is 5.22. The summed E-state index contributed by atoms with van der Waals surface area (Å²) in [6.45, 7) is 3.15. The summed E-state index contributed by atoms with van der Waals surface area (Å²) in [6.07, 6.45) is 4.25. The van der Waals surface area contributed by atoms with Gasteiger partial charge in [0.2, 0.25) is 5.91 Å². The van der Waals surface area contributed by atoms with Crippen LogP contribution >= 0.6 is 23.5 Å². The summed E-state index contributed by atoms with van der Waals surface area (Å²) >= 11 is 3.71. The van der Waals surface area contributed by atoms with Gasteiger partial charge in [0.15, 0.2) is 0 Å². The van der Waals surface area contributed by atoms with E-state index in [9.17, 15) is 4.79 Å². The number of primary amides is 1. The van der Waals surface area contributed by atoms with Crippen molar-refractivity contribution in [3.8, 4) is 0 Å². The zero-order valence-electron chi connectivity index (χ0n) is 20.2. The summed E-state index contributed by atoms with van der Waals surface area (Å²) in [6, 6.07) is 29.2. The number of hydrogen-bond donors (Lipinski definition) is 1. The molecule has 0 aromatic heterocycles. The minimum Gasteiger partial charge on any atom is -0.369 e. The van der Waals surface area contributed by atoms with Crippen LogP contribution in [0.4, 0.5) is 0 Å². The lowest BCUT2D eigenvalue weighted by Gasteiger charge is -2.38. The van der Waals surface area contributed by atoms with E-state index in [4.69, 9.17) is 5.73 Å². The van der Waals surface area contributed by atoms with Crippen molar-refractivity contribution in [2.24, 2.45) is 11.7 Å². The Balaban J connectivity index is 1.48. The van der Waals surface area contributed by atoms with Crippen LogP contribution in [0.3, 0.4) is 0 Å². The Kier molecular flexibility index (Phi) is 8.07. The van der Waals surface area contributed by atoms with Crippen molar-refractivity contribution in [2.45, 2.75) is 28.0 Å². The van der Waals surface area contributed by atoms with Crippen molar-refractivity contribution in [2.75, 3.05) is 38.7 Å². The van der Waals surface area contributed by atoms with Gasteiger partial charge >= 0.3 is 0 Å². The molecular formula is C29H35N2OS2+. The lowest BCUT2D eigenvalue weighted by Crippen LogP contribution is -2.51. The SMILES string of the molecule is CSc1ccc(SCCC[N+]2(C)CCC(C(C(N)=O)(c3ccccc3)c3ccccc3)C2)cc1. The molecule has 1 amide bonds. The van der Waals surface area contributed by atoms with Crippen LogP contribution < -0.4 is 5.73 Å². The molecule has 0 radical (unpaired) electrons. The summed E-state index contributed by atoms with van der Waals surface area (Å²) < 4.78 is 0.991. The first-order chi connectivity index (χ1) is 16.5. The van der Waals surface area contributed by atoms with Gasteiger partial charge in [0, 0.05) is 34.3 Å². The van der Waals surface area contributed by atoms with E-state index in [1.165, 1.54) is 9.79 Å². The molecule has 2 N–H and O–H groups in total. The van der Waals surface area contributed by atoms with Crippen LogP contribution in [0, 0.1) is 5.92 Å². The molecule has 3 aromatic carbocycles. The maximum absolute atomic E-state index is 13.3. The lowest BCUT2D eigenvalue weighted by molar-refractivity contribution is -0.899. The normalized spacial score (nSPS) is 20.4. The van der Waals surface area contributed by atoms with Gasteiger partial charge in [0.05, 0.1) is 26.7 Å². The van der Waals surface area contributed by atoms with Gasteiger partial charge in [-0.25, -0.2) is 0 Å². The van der Waals surface area contributed by atoms with Crippen molar-refractivity contribution in [3.05, 3.63) is 96.1 Å². The van der Waals surface area contributed by atoms with E-state index in [1.54, 1.807) is 11.8 Å². The number of rotatable bonds is 10. The van der Waals surface area contributed by atoms with Crippen LogP contribution in [0.5, 0.6) is 0 Å². The Morgan fingerprint density at radius 1 is 0.941 bits per heavy atom. The zero-order chi connectivity index (χ0) is 24.0. The Hall–Kier alpha value is -2.21. The Bertz CT molecular complexity index is 1030. The summed E-state index contributed by atoms with van der Waals surface area (Å²) in [4.78, 5) is 15.9. The second-order valence-electron chi connectivity index (χ2n) is 9.52. The largest absolute Gasteiger partial charge is 0.369 e. The average molecular weight is 492 g/mol. The van der Waals surface area contributed by atoms with E-state index in [0.29, 0.717) is 0 Å². The Morgan fingerprint density at radius 2 is 1.50 bits per heavy atom. The Labute approximate surface area is 212 Å². The number of nitrogens with zero attached hydrogens (tertiary/aromatic N) is 1. The zero-order valence-corrected chi connectivity index (χ0v) is 21.8. The number of nitrogens with two attached hydrogens (primary N) is 1. The second-order valence-corrected chi connectivity index (χ2v) is 11.6. The molecule has 0 aliphatic carbocycles. The van der Waals surface area contributed by atoms with E-state index < -0.39 is 5.41 Å². The van der Waals surface area contributed by atoms with Gasteiger partial charge in [0.25, 0.3) is 0 Å². The molecule has 5 heteroatoms. The summed E-state index contributed by atoms with van der Waals surface area (Å²) in [5.41, 5.74) is 7.48. The molecule has 1 heterocycles. The molecule has 2 atom stereocenters. The second kappa shape index (κ2) is 11.0. The standard InChI is InChI=1S/C29H34N2OS2/c1-31(19-9-21-34-27-16-14-26(33-2)15-17-27)20-18-25(22-31)29(28(30)32,23-10-5-3-6-11-23)24-12-7-4-8-13-24/h3-8,10-17,25H,9,18-22H2,1-2H3,(H-,30,32)/p+1. The molecule has 178 valence electrons. The molecule has 1 aliphatic heterocycles. The van der Waals surface area contributed by atoms with Crippen LogP contribution in [0.2, 0.25) is 0 Å². The summed E-state index contributed by atoms with van der Waals surface area (Å²) in [7, 11) is 2.35. The van der Waals surface area contributed by atoms with Gasteiger partial charge < -0.3 is 10.2 Å². The van der Waals surface area contributed by atoms with Gasteiger partial charge in [-0.3, -0.25) is 4.79 Å². The number of likely N-dealkylation sites (tertiary alicyclic amines) is 1. The van der Waals surface area contributed by atoms with Gasteiger partial charge in [-0.05, 0) is 41.6 Å². The van der Waals surface area contributed by atoms with E-state index in [0.717, 1.165) is 53.8 Å². The highest BCUT2D eigenvalue weighted by Gasteiger charge is 2.53. The number of carbonyl (C=O) groups excluding carboxylic acids is 1. The molecule has 2 unspecified atom stereocenters. The maximum atomic E-state index is 13.3. The predicted molar refractivity (Wildman–Crippen MR) is 145 cm³/mol. The average Bonchev–Trinajstić information content (AvgIpc) is 3.26. The fourth-order valence-corrected chi connectivity index (χ4v) is 6.82. The van der Waals surface area contributed by atoms with E-state index >= 15 is 0 Å². The molecule has 1 saturated heterocycles. The minimum absolute atomic E-state index is 0.173. The van der Waals surface area contributed by atoms with Crippen molar-refractivity contribution < 1.29 is 9.28 Å². The topological polar surface area (TPSA) is 43.1 Å². The molecule has 4 rings (SSSR count). The molecular weight excluding hydrogens is 456 g/mol. The molecule has 1 fully saturated rings. The molecule has 0 saturated carbocycles. The van der Waals surface area contributed by atoms with Crippen LogP contribution in [-0.4, -0.2) is 49.1 Å². The van der Waals surface area contributed by atoms with Gasteiger partial charge in [0.1, 0.15) is 5.41 Å². The maximum Gasteiger partial charge on any atom is 0.233 e. The lowest BCUT2D eigenvalue weighted by atomic mass is 9.64. The smallest absolute Gasteiger partial charge is 0.233 e. The highest BCUT2D eigenvalue weighted by molar-refractivity contribution is 7.99. The monoisotopic (exact) mass is 491 g/mol. The number of amides is 1. The Morgan fingerprint density at radius 3 is 2.03 bits per heavy atom. The van der Waals surface area contributed by atoms with E-state index in [2.05, 4.69) is 61.8 Å². The third-order valence-corrected chi connectivity index (χ3v) is 9.15. The summed E-state index contributed by atoms with van der Waals surface area (Å²) in [5, 5.41) is 0. The van der Waals surface area contributed by atoms with Crippen LogP contribution in [0.15, 0.2) is 94.7 Å². The number of hydrogen-bond acceptors (Lipinski definition) is 3. The van der Waals surface area contributed by atoms with Gasteiger partial charge in [-0.1, -0.05) is 60.7 Å². The number of thioether (sulfide) groups is 2. The fourth-order valence-electron chi connectivity index (χ4n) is 5.57. The van der Waals surface area contributed by atoms with Crippen molar-refractivity contribution in [3.63, 3.8) is 0 Å². The molecule has 34 heavy (non-hydrogen) atoms. The van der Waals surface area contributed by atoms with Crippen LogP contribution in [0.25, 0.3) is 0 Å². The van der Waals surface area contributed by atoms with Crippen molar-refractivity contribution >= 4 is 29.4 Å². The van der Waals surface area contributed by atoms with Crippen LogP contribution in [-0.2, 0) is 10.2 Å². The molecule has 3 aromatic rings. The molecule has 1 aliphatic rings. The fraction of sp³-hybridized carbons (Fsp3) is 0.345. The summed E-state index contributed by atoms with van der Waals surface area (Å²) in [5.74, 6) is 1.04. The van der Waals surface area contributed by atoms with E-state index in [-0.39, 0.29) is 11.8 Å². The highest BCUT2D eigenvalue weighted by atomic mass is 32.2. The van der Waals surface area contributed by atoms with Gasteiger partial charge in [-0.2, -0.15) is 0 Å². The number of carbonyl (C=O) groups is 1. The van der Waals surface area contributed by atoms with Crippen molar-refractivity contribution in [1.82, 2.24) is 0 Å². The first-order valence-electron chi connectivity index (χ1n) is 12.0. The molecule has 0 bridgehead atoms. The molecule has 0 spiro atoms. The number of quaternary nitrogens is 1. The van der Waals surface area contributed by atoms with E-state index in [1.807, 2.05) is 48.2 Å². The first-order valence-corrected chi connectivity index (χ1v) is 14.2. The predicted octanol–water partition coefficient (Wildman–Crippen LogP) is 5.83. The molecule has 3 nitrogen and oxygen atoms in total. The first kappa shape index (κ1) is 24.9. The number of benzene rings is 3. The van der Waals surface area contributed by atoms with Crippen molar-refractivity contribution in [1.29, 1.82) is 0 Å². The van der Waals surface area contributed by atoms with Gasteiger partial charge in [-0.15, -0.1) is 23.5 Å². The van der Waals surface area contributed by atoms with Crippen LogP contribution in [0.1, 0.15) is 24.0 Å². The quantitative estimate of drug-likeness (QED) is 0.220. The third-order valence-electron chi connectivity index (χ3n) is 7.31. The minimum atomic E-state index is -0.799. The highest BCUT2D eigenvalue weighted by Crippen LogP contribution is 2.45.